The third kappa shape index (κ3) is 8.84. The third-order valence-corrected chi connectivity index (χ3v) is 3.88. The van der Waals surface area contributed by atoms with Crippen molar-refractivity contribution in [1.82, 2.24) is 15.1 Å². The van der Waals surface area contributed by atoms with E-state index >= 15 is 0 Å². The van der Waals surface area contributed by atoms with Crippen LogP contribution in [0.1, 0.15) is 18.1 Å². The average Bonchev–Trinajstić information content (AvgIpc) is 2.57. The Labute approximate surface area is 164 Å². The average molecular weight is 448 g/mol. The molecule has 0 atom stereocenters. The first-order valence-electron chi connectivity index (χ1n) is 8.27. The summed E-state index contributed by atoms with van der Waals surface area (Å²) in [6.07, 6.45) is 1.08. The molecule has 0 unspecified atom stereocenters. The van der Waals surface area contributed by atoms with Gasteiger partial charge in [0.15, 0.2) is 5.96 Å². The number of nitrogens with zero attached hydrogens (tertiary/aromatic N) is 3. The van der Waals surface area contributed by atoms with Crippen LogP contribution in [0.2, 0.25) is 0 Å². The van der Waals surface area contributed by atoms with Gasteiger partial charge in [-0.05, 0) is 24.6 Å². The van der Waals surface area contributed by atoms with E-state index < -0.39 is 0 Å². The molecule has 0 spiro atoms. The molecular weight excluding hydrogens is 415 g/mol. The van der Waals surface area contributed by atoms with Crippen molar-refractivity contribution in [3.63, 3.8) is 0 Å². The lowest BCUT2D eigenvalue weighted by atomic mass is 10.1. The lowest BCUT2D eigenvalue weighted by Gasteiger charge is -2.23. The second kappa shape index (κ2) is 13.4. The van der Waals surface area contributed by atoms with E-state index in [4.69, 9.17) is 4.74 Å². The number of hydrogen-bond acceptors (Lipinski definition) is 3. The molecule has 24 heavy (non-hydrogen) atoms. The van der Waals surface area contributed by atoms with E-state index in [9.17, 15) is 0 Å². The predicted octanol–water partition coefficient (Wildman–Crippen LogP) is 2.45. The van der Waals surface area contributed by atoms with Gasteiger partial charge in [0.05, 0.1) is 6.61 Å². The van der Waals surface area contributed by atoms with Crippen molar-refractivity contribution in [2.75, 3.05) is 54.5 Å². The zero-order chi connectivity index (χ0) is 17.1. The molecule has 0 aliphatic rings. The van der Waals surface area contributed by atoms with Gasteiger partial charge in [-0.2, -0.15) is 0 Å². The van der Waals surface area contributed by atoms with Crippen molar-refractivity contribution in [3.05, 3.63) is 35.4 Å². The number of aliphatic imine (C=N–C) groups is 1. The number of rotatable bonds is 9. The third-order valence-electron chi connectivity index (χ3n) is 3.88. The van der Waals surface area contributed by atoms with Gasteiger partial charge in [-0.3, -0.25) is 4.99 Å². The minimum absolute atomic E-state index is 0. The number of nitrogens with one attached hydrogen (secondary N) is 1. The van der Waals surface area contributed by atoms with Gasteiger partial charge in [0.25, 0.3) is 0 Å². The standard InChI is InChI=1S/C18H32N4O.HI/c1-6-16-7-9-17(10-8-16)15-22(4)18(19-2)20-11-12-21(3)13-14-23-5;/h7-10H,6,11-15H2,1-5H3,(H,19,20);1H. The minimum atomic E-state index is 0. The molecule has 1 rings (SSSR count). The van der Waals surface area contributed by atoms with E-state index in [0.29, 0.717) is 0 Å². The zero-order valence-electron chi connectivity index (χ0n) is 15.7. The van der Waals surface area contributed by atoms with Crippen molar-refractivity contribution in [2.45, 2.75) is 19.9 Å². The lowest BCUT2D eigenvalue weighted by Crippen LogP contribution is -2.42. The number of likely N-dealkylation sites (N-methyl/N-ethyl adjacent to an activating group) is 1. The van der Waals surface area contributed by atoms with Crippen molar-refractivity contribution in [3.8, 4) is 0 Å². The van der Waals surface area contributed by atoms with Crippen LogP contribution in [0, 0.1) is 0 Å². The monoisotopic (exact) mass is 448 g/mol. The van der Waals surface area contributed by atoms with Crippen LogP contribution in [0.4, 0.5) is 0 Å². The Hall–Kier alpha value is -0.860. The molecular formula is C18H33IN4O. The van der Waals surface area contributed by atoms with E-state index in [2.05, 4.69) is 65.4 Å². The van der Waals surface area contributed by atoms with Crippen LogP contribution >= 0.6 is 24.0 Å². The summed E-state index contributed by atoms with van der Waals surface area (Å²) in [7, 11) is 7.73. The Morgan fingerprint density at radius 1 is 1.12 bits per heavy atom. The van der Waals surface area contributed by atoms with Crippen molar-refractivity contribution in [1.29, 1.82) is 0 Å². The Kier molecular flexibility index (Phi) is 13.0. The Morgan fingerprint density at radius 3 is 2.29 bits per heavy atom. The Bertz CT molecular complexity index is 465. The number of guanidine groups is 1. The Balaban J connectivity index is 0.00000529. The maximum atomic E-state index is 5.09. The first-order valence-corrected chi connectivity index (χ1v) is 8.27. The number of methoxy groups -OCH3 is 1. The summed E-state index contributed by atoms with van der Waals surface area (Å²) in [6.45, 7) is 6.56. The quantitative estimate of drug-likeness (QED) is 0.358. The van der Waals surface area contributed by atoms with Gasteiger partial charge in [-0.25, -0.2) is 0 Å². The second-order valence-corrected chi connectivity index (χ2v) is 5.80. The molecule has 0 aliphatic carbocycles. The topological polar surface area (TPSA) is 40.1 Å². The highest BCUT2D eigenvalue weighted by Gasteiger charge is 2.07. The Morgan fingerprint density at radius 2 is 1.75 bits per heavy atom. The fourth-order valence-corrected chi connectivity index (χ4v) is 2.33. The SMILES string of the molecule is CCc1ccc(CN(C)C(=NC)NCCN(C)CCOC)cc1.I. The van der Waals surface area contributed by atoms with Gasteiger partial charge in [0.1, 0.15) is 0 Å². The van der Waals surface area contributed by atoms with Crippen molar-refractivity contribution < 1.29 is 4.74 Å². The van der Waals surface area contributed by atoms with E-state index in [-0.39, 0.29) is 24.0 Å². The van der Waals surface area contributed by atoms with Gasteiger partial charge in [-0.1, -0.05) is 31.2 Å². The highest BCUT2D eigenvalue weighted by molar-refractivity contribution is 14.0. The van der Waals surface area contributed by atoms with E-state index in [1.54, 1.807) is 7.11 Å². The van der Waals surface area contributed by atoms with Crippen LogP contribution in [0.5, 0.6) is 0 Å². The molecule has 0 radical (unpaired) electrons. The van der Waals surface area contributed by atoms with Gasteiger partial charge in [0, 0.05) is 47.4 Å². The molecule has 1 aromatic rings. The van der Waals surface area contributed by atoms with Crippen LogP contribution in [0.25, 0.3) is 0 Å². The molecule has 6 heteroatoms. The van der Waals surface area contributed by atoms with Gasteiger partial charge >= 0.3 is 0 Å². The van der Waals surface area contributed by atoms with Gasteiger partial charge < -0.3 is 19.9 Å². The highest BCUT2D eigenvalue weighted by Crippen LogP contribution is 2.07. The molecule has 1 N–H and O–H groups in total. The molecule has 0 saturated heterocycles. The fraction of sp³-hybridized carbons (Fsp3) is 0.611. The van der Waals surface area contributed by atoms with E-state index in [0.717, 1.165) is 45.2 Å². The summed E-state index contributed by atoms with van der Waals surface area (Å²) in [4.78, 5) is 8.76. The number of halogens is 1. The maximum absolute atomic E-state index is 5.09. The summed E-state index contributed by atoms with van der Waals surface area (Å²) >= 11 is 0. The molecule has 0 saturated carbocycles. The van der Waals surface area contributed by atoms with E-state index in [1.165, 1.54) is 11.1 Å². The highest BCUT2D eigenvalue weighted by atomic mass is 127. The number of aryl methyl sites for hydroxylation is 1. The van der Waals surface area contributed by atoms with Crippen molar-refractivity contribution in [2.24, 2.45) is 4.99 Å². The van der Waals surface area contributed by atoms with Crippen molar-refractivity contribution >= 4 is 29.9 Å². The molecule has 0 fully saturated rings. The molecule has 138 valence electrons. The summed E-state index contributed by atoms with van der Waals surface area (Å²) < 4.78 is 5.09. The number of benzene rings is 1. The zero-order valence-corrected chi connectivity index (χ0v) is 18.0. The van der Waals surface area contributed by atoms with Crippen LogP contribution in [0.15, 0.2) is 29.3 Å². The number of hydrogen-bond donors (Lipinski definition) is 1. The fourth-order valence-electron chi connectivity index (χ4n) is 2.33. The summed E-state index contributed by atoms with van der Waals surface area (Å²) in [5.74, 6) is 0.921. The molecule has 5 nitrogen and oxygen atoms in total. The predicted molar refractivity (Wildman–Crippen MR) is 113 cm³/mol. The lowest BCUT2D eigenvalue weighted by molar-refractivity contribution is 0.162. The maximum Gasteiger partial charge on any atom is 0.193 e. The molecule has 0 aliphatic heterocycles. The van der Waals surface area contributed by atoms with Crippen LogP contribution in [-0.2, 0) is 17.7 Å². The second-order valence-electron chi connectivity index (χ2n) is 5.80. The van der Waals surface area contributed by atoms with Crippen LogP contribution < -0.4 is 5.32 Å². The van der Waals surface area contributed by atoms with E-state index in [1.807, 2.05) is 7.05 Å². The molecule has 1 aromatic carbocycles. The summed E-state index contributed by atoms with van der Waals surface area (Å²) in [5.41, 5.74) is 2.67. The van der Waals surface area contributed by atoms with Gasteiger partial charge in [-0.15, -0.1) is 24.0 Å². The van der Waals surface area contributed by atoms with Crippen LogP contribution in [-0.4, -0.2) is 70.3 Å². The minimum Gasteiger partial charge on any atom is -0.383 e. The number of ether oxygens (including phenoxy) is 1. The molecule has 0 bridgehead atoms. The largest absolute Gasteiger partial charge is 0.383 e. The first kappa shape index (κ1) is 23.1. The van der Waals surface area contributed by atoms with Gasteiger partial charge in [0.2, 0.25) is 0 Å². The van der Waals surface area contributed by atoms with Crippen LogP contribution in [0.3, 0.4) is 0 Å². The molecule has 0 heterocycles. The first-order chi connectivity index (χ1) is 11.1. The summed E-state index contributed by atoms with van der Waals surface area (Å²) in [5, 5.41) is 3.41. The molecule has 0 amide bonds. The summed E-state index contributed by atoms with van der Waals surface area (Å²) in [6, 6.07) is 8.79. The molecule has 0 aromatic heterocycles. The normalized spacial score (nSPS) is 11.3. The smallest absolute Gasteiger partial charge is 0.193 e.